The largest absolute Gasteiger partial charge is 0.490 e. The summed E-state index contributed by atoms with van der Waals surface area (Å²) in [5.74, 6) is -8.57. The lowest BCUT2D eigenvalue weighted by Gasteiger charge is -2.33. The number of unbranched alkanes of at least 4 members (excludes halogenated alkanes) is 2. The summed E-state index contributed by atoms with van der Waals surface area (Å²) < 4.78 is 99.5. The molecule has 2 aromatic rings. The van der Waals surface area contributed by atoms with Crippen LogP contribution in [-0.4, -0.2) is 12.5 Å². The number of halogens is 6. The SMILES string of the molecule is C/C=C/C1CCC(c2ccc(COc3ccc(OCCC(F)(F)C4CCC(CCCCC)CC4)c(F)c3F)c(F)c2F)CC1. The third kappa shape index (κ3) is 8.75. The van der Waals surface area contributed by atoms with Crippen LogP contribution in [-0.2, 0) is 6.61 Å². The summed E-state index contributed by atoms with van der Waals surface area (Å²) in [4.78, 5) is 0. The third-order valence-corrected chi connectivity index (χ3v) is 9.62. The zero-order valence-corrected chi connectivity index (χ0v) is 26.0. The summed E-state index contributed by atoms with van der Waals surface area (Å²) in [6.07, 6.45) is 14.0. The van der Waals surface area contributed by atoms with E-state index in [1.165, 1.54) is 12.5 Å². The fraction of sp³-hybridized carbons (Fsp3) is 0.611. The highest BCUT2D eigenvalue weighted by molar-refractivity contribution is 5.36. The highest BCUT2D eigenvalue weighted by atomic mass is 19.3. The highest BCUT2D eigenvalue weighted by Crippen LogP contribution is 2.42. The summed E-state index contributed by atoms with van der Waals surface area (Å²) in [5.41, 5.74) is 0.204. The second kappa shape index (κ2) is 16.1. The lowest BCUT2D eigenvalue weighted by Crippen LogP contribution is -2.33. The van der Waals surface area contributed by atoms with Crippen molar-refractivity contribution >= 4 is 0 Å². The topological polar surface area (TPSA) is 18.5 Å². The number of ether oxygens (including phenoxy) is 2. The van der Waals surface area contributed by atoms with Crippen LogP contribution in [0.15, 0.2) is 36.4 Å². The Kier molecular flexibility index (Phi) is 12.5. The minimum absolute atomic E-state index is 0.0737. The van der Waals surface area contributed by atoms with Crippen LogP contribution in [0, 0.1) is 41.0 Å². The van der Waals surface area contributed by atoms with Crippen LogP contribution >= 0.6 is 0 Å². The van der Waals surface area contributed by atoms with Crippen molar-refractivity contribution in [2.24, 2.45) is 17.8 Å². The van der Waals surface area contributed by atoms with Crippen LogP contribution in [0.4, 0.5) is 26.3 Å². The van der Waals surface area contributed by atoms with Crippen molar-refractivity contribution in [1.29, 1.82) is 0 Å². The average Bonchev–Trinajstić information content (AvgIpc) is 3.02. The summed E-state index contributed by atoms with van der Waals surface area (Å²) >= 11 is 0. The molecule has 2 nitrogen and oxygen atoms in total. The van der Waals surface area contributed by atoms with Gasteiger partial charge in [-0.25, -0.2) is 17.6 Å². The van der Waals surface area contributed by atoms with Crippen molar-refractivity contribution in [2.45, 2.75) is 116 Å². The van der Waals surface area contributed by atoms with Crippen molar-refractivity contribution in [3.05, 3.63) is 70.8 Å². The molecule has 0 spiro atoms. The first-order valence-corrected chi connectivity index (χ1v) is 16.4. The predicted molar refractivity (Wildman–Crippen MR) is 161 cm³/mol. The van der Waals surface area contributed by atoms with Crippen molar-refractivity contribution in [2.75, 3.05) is 6.61 Å². The normalized spacial score (nSPS) is 22.8. The van der Waals surface area contributed by atoms with Crippen LogP contribution in [0.5, 0.6) is 11.5 Å². The van der Waals surface area contributed by atoms with Gasteiger partial charge in [-0.05, 0) is 93.7 Å². The van der Waals surface area contributed by atoms with E-state index in [2.05, 4.69) is 13.0 Å². The van der Waals surface area contributed by atoms with Gasteiger partial charge in [0.25, 0.3) is 5.92 Å². The van der Waals surface area contributed by atoms with Crippen LogP contribution < -0.4 is 9.47 Å². The first-order chi connectivity index (χ1) is 21.1. The summed E-state index contributed by atoms with van der Waals surface area (Å²) in [5, 5.41) is 0. The second-order valence-corrected chi connectivity index (χ2v) is 12.6. The molecule has 2 fully saturated rings. The van der Waals surface area contributed by atoms with Gasteiger partial charge in [-0.15, -0.1) is 0 Å². The zero-order valence-electron chi connectivity index (χ0n) is 26.0. The van der Waals surface area contributed by atoms with E-state index in [1.807, 2.05) is 13.0 Å². The van der Waals surface area contributed by atoms with Gasteiger partial charge in [0.1, 0.15) is 6.61 Å². The Labute approximate surface area is 258 Å². The van der Waals surface area contributed by atoms with E-state index >= 15 is 0 Å². The van der Waals surface area contributed by atoms with Crippen molar-refractivity contribution in [3.8, 4) is 11.5 Å². The molecule has 0 heterocycles. The molecule has 0 bridgehead atoms. The molecule has 0 saturated heterocycles. The van der Waals surface area contributed by atoms with E-state index in [-0.39, 0.29) is 11.5 Å². The van der Waals surface area contributed by atoms with Gasteiger partial charge in [0, 0.05) is 17.9 Å². The summed E-state index contributed by atoms with van der Waals surface area (Å²) in [6.45, 7) is 3.14. The molecule has 44 heavy (non-hydrogen) atoms. The Balaban J connectivity index is 1.27. The molecule has 0 radical (unpaired) electrons. The first-order valence-electron chi connectivity index (χ1n) is 16.4. The molecule has 244 valence electrons. The molecule has 8 heteroatoms. The molecule has 2 saturated carbocycles. The summed E-state index contributed by atoms with van der Waals surface area (Å²) in [6, 6.07) is 5.15. The van der Waals surface area contributed by atoms with E-state index in [0.29, 0.717) is 30.2 Å². The number of rotatable bonds is 14. The van der Waals surface area contributed by atoms with Gasteiger partial charge in [0.15, 0.2) is 23.1 Å². The van der Waals surface area contributed by atoms with Gasteiger partial charge >= 0.3 is 0 Å². The Bertz CT molecular complexity index is 1230. The Hall–Kier alpha value is -2.64. The van der Waals surface area contributed by atoms with Gasteiger partial charge < -0.3 is 9.47 Å². The van der Waals surface area contributed by atoms with E-state index < -0.39 is 66.2 Å². The Morgan fingerprint density at radius 2 is 1.43 bits per heavy atom. The molecule has 0 atom stereocenters. The van der Waals surface area contributed by atoms with E-state index in [9.17, 15) is 26.3 Å². The number of alkyl halides is 2. The molecular formula is C36H46F6O2. The molecule has 0 aliphatic heterocycles. The summed E-state index contributed by atoms with van der Waals surface area (Å²) in [7, 11) is 0. The predicted octanol–water partition coefficient (Wildman–Crippen LogP) is 11.5. The minimum Gasteiger partial charge on any atom is -0.490 e. The van der Waals surface area contributed by atoms with E-state index in [0.717, 1.165) is 69.9 Å². The van der Waals surface area contributed by atoms with E-state index in [1.54, 1.807) is 6.07 Å². The fourth-order valence-electron chi connectivity index (χ4n) is 6.88. The van der Waals surface area contributed by atoms with Crippen LogP contribution in [0.1, 0.15) is 114 Å². The number of hydrogen-bond donors (Lipinski definition) is 0. The Morgan fingerprint density at radius 3 is 2.07 bits per heavy atom. The maximum atomic E-state index is 15.0. The van der Waals surface area contributed by atoms with Crippen LogP contribution in [0.2, 0.25) is 0 Å². The van der Waals surface area contributed by atoms with Crippen LogP contribution in [0.25, 0.3) is 0 Å². The van der Waals surface area contributed by atoms with Crippen molar-refractivity contribution < 1.29 is 35.8 Å². The molecule has 4 rings (SSSR count). The first kappa shape index (κ1) is 34.2. The quantitative estimate of drug-likeness (QED) is 0.118. The minimum atomic E-state index is -2.95. The van der Waals surface area contributed by atoms with Crippen molar-refractivity contribution in [1.82, 2.24) is 0 Å². The smallest absolute Gasteiger partial charge is 0.254 e. The molecule has 0 N–H and O–H groups in total. The standard InChI is InChI=1S/C36H46F6O2/c1-3-5-6-8-25-11-16-28(17-12-25)36(41,42)21-22-43-30-19-20-31(35(40)34(30)39)44-23-27-15-18-29(33(38)32(27)37)26-13-9-24(7-4-2)10-14-26/h4,7,15,18-20,24-26,28H,3,5-6,8-14,16-17,21-23H2,1-2H3/b7-4+. The number of hydrogen-bond acceptors (Lipinski definition) is 2. The zero-order chi connectivity index (χ0) is 31.7. The monoisotopic (exact) mass is 624 g/mol. The van der Waals surface area contributed by atoms with Gasteiger partial charge in [-0.1, -0.05) is 56.9 Å². The number of allylic oxidation sites excluding steroid dienone is 2. The number of benzene rings is 2. The van der Waals surface area contributed by atoms with Crippen LogP contribution in [0.3, 0.4) is 0 Å². The third-order valence-electron chi connectivity index (χ3n) is 9.62. The van der Waals surface area contributed by atoms with Gasteiger partial charge in [-0.2, -0.15) is 8.78 Å². The maximum Gasteiger partial charge on any atom is 0.254 e. The molecule has 2 aliphatic rings. The molecule has 0 amide bonds. The highest BCUT2D eigenvalue weighted by Gasteiger charge is 2.41. The van der Waals surface area contributed by atoms with Gasteiger partial charge in [-0.3, -0.25) is 0 Å². The van der Waals surface area contributed by atoms with Gasteiger partial charge in [0.05, 0.1) is 6.61 Å². The lowest BCUT2D eigenvalue weighted by atomic mass is 9.76. The average molecular weight is 625 g/mol. The molecule has 0 unspecified atom stereocenters. The van der Waals surface area contributed by atoms with Crippen molar-refractivity contribution in [3.63, 3.8) is 0 Å². The fourth-order valence-corrected chi connectivity index (χ4v) is 6.88. The lowest BCUT2D eigenvalue weighted by molar-refractivity contribution is -0.0883. The van der Waals surface area contributed by atoms with Gasteiger partial charge in [0.2, 0.25) is 11.6 Å². The maximum absolute atomic E-state index is 15.0. The molecular weight excluding hydrogens is 578 g/mol. The second-order valence-electron chi connectivity index (χ2n) is 12.6. The molecule has 0 aromatic heterocycles. The Morgan fingerprint density at radius 1 is 0.773 bits per heavy atom. The molecule has 2 aliphatic carbocycles. The van der Waals surface area contributed by atoms with E-state index in [4.69, 9.17) is 9.47 Å². The molecule has 2 aromatic carbocycles.